The number of rotatable bonds is 5. The molecule has 0 aromatic rings. The minimum atomic E-state index is 0. The number of amides is 2. The van der Waals surface area contributed by atoms with E-state index in [0.717, 1.165) is 39.0 Å². The summed E-state index contributed by atoms with van der Waals surface area (Å²) in [5.41, 5.74) is 0. The Morgan fingerprint density at radius 2 is 1.62 bits per heavy atom. The molecule has 0 bridgehead atoms. The van der Waals surface area contributed by atoms with Gasteiger partial charge in [-0.2, -0.15) is 0 Å². The molecular weight excluding hydrogens is 351 g/mol. The number of piperazine rings is 1. The number of piperidine rings is 1. The standard InChI is InChI=1S/C16H30N4O2.2ClH/c1-3-18(4-2)13-15(21)19-8-10-20(11-9-19)16(22)14-6-5-7-17-12-14;;/h14,17H,3-13H2,1-2H3;2*1H. The van der Waals surface area contributed by atoms with E-state index in [1.54, 1.807) is 0 Å². The quantitative estimate of drug-likeness (QED) is 0.765. The lowest BCUT2D eigenvalue weighted by Crippen LogP contribution is -2.54. The second-order valence-electron chi connectivity index (χ2n) is 6.21. The third kappa shape index (κ3) is 6.39. The largest absolute Gasteiger partial charge is 0.339 e. The Balaban J connectivity index is 0.00000264. The van der Waals surface area contributed by atoms with Crippen LogP contribution in [0.5, 0.6) is 0 Å². The number of hydrogen-bond donors (Lipinski definition) is 1. The molecule has 2 amide bonds. The van der Waals surface area contributed by atoms with Crippen molar-refractivity contribution < 1.29 is 9.59 Å². The number of nitrogens with zero attached hydrogens (tertiary/aromatic N) is 3. The van der Waals surface area contributed by atoms with Crippen molar-refractivity contribution in [3.05, 3.63) is 0 Å². The Morgan fingerprint density at radius 1 is 1.04 bits per heavy atom. The molecule has 0 aliphatic carbocycles. The van der Waals surface area contributed by atoms with Gasteiger partial charge >= 0.3 is 0 Å². The number of carbonyl (C=O) groups is 2. The van der Waals surface area contributed by atoms with Crippen molar-refractivity contribution in [3.63, 3.8) is 0 Å². The van der Waals surface area contributed by atoms with Crippen LogP contribution < -0.4 is 5.32 Å². The van der Waals surface area contributed by atoms with Crippen LogP contribution in [0.2, 0.25) is 0 Å². The molecule has 1 atom stereocenters. The maximum atomic E-state index is 12.5. The van der Waals surface area contributed by atoms with Crippen LogP contribution in [-0.2, 0) is 9.59 Å². The fourth-order valence-corrected chi connectivity index (χ4v) is 3.24. The van der Waals surface area contributed by atoms with Crippen molar-refractivity contribution in [2.24, 2.45) is 5.92 Å². The van der Waals surface area contributed by atoms with E-state index >= 15 is 0 Å². The molecule has 2 aliphatic rings. The number of nitrogens with one attached hydrogen (secondary N) is 1. The summed E-state index contributed by atoms with van der Waals surface area (Å²) in [5, 5.41) is 3.30. The summed E-state index contributed by atoms with van der Waals surface area (Å²) in [7, 11) is 0. The highest BCUT2D eigenvalue weighted by Gasteiger charge is 2.29. The van der Waals surface area contributed by atoms with Gasteiger partial charge in [-0.25, -0.2) is 0 Å². The maximum Gasteiger partial charge on any atom is 0.236 e. The van der Waals surface area contributed by atoms with Crippen LogP contribution in [0, 0.1) is 5.92 Å². The van der Waals surface area contributed by atoms with Gasteiger partial charge in [-0.15, -0.1) is 24.8 Å². The summed E-state index contributed by atoms with van der Waals surface area (Å²) in [6, 6.07) is 0. The van der Waals surface area contributed by atoms with E-state index < -0.39 is 0 Å². The zero-order valence-corrected chi connectivity index (χ0v) is 16.5. The predicted octanol–water partition coefficient (Wildman–Crippen LogP) is 0.842. The van der Waals surface area contributed by atoms with E-state index in [1.807, 2.05) is 9.80 Å². The first-order valence-corrected chi connectivity index (χ1v) is 8.65. The van der Waals surface area contributed by atoms with Crippen LogP contribution in [0.25, 0.3) is 0 Å². The average molecular weight is 383 g/mol. The monoisotopic (exact) mass is 382 g/mol. The molecular formula is C16H32Cl2N4O2. The van der Waals surface area contributed by atoms with E-state index in [0.29, 0.717) is 32.7 Å². The highest BCUT2D eigenvalue weighted by molar-refractivity contribution is 5.85. The molecule has 2 saturated heterocycles. The van der Waals surface area contributed by atoms with E-state index in [1.165, 1.54) is 0 Å². The fraction of sp³-hybridized carbons (Fsp3) is 0.875. The first kappa shape index (κ1) is 23.4. The molecule has 0 saturated carbocycles. The maximum absolute atomic E-state index is 12.5. The van der Waals surface area contributed by atoms with Crippen molar-refractivity contribution in [3.8, 4) is 0 Å². The van der Waals surface area contributed by atoms with Gasteiger partial charge in [-0.1, -0.05) is 13.8 Å². The molecule has 6 nitrogen and oxygen atoms in total. The van der Waals surface area contributed by atoms with Crippen LogP contribution in [-0.4, -0.2) is 85.4 Å². The minimum absolute atomic E-state index is 0. The molecule has 2 rings (SSSR count). The van der Waals surface area contributed by atoms with Gasteiger partial charge in [-0.3, -0.25) is 14.5 Å². The first-order chi connectivity index (χ1) is 10.7. The van der Waals surface area contributed by atoms with Crippen molar-refractivity contribution in [2.75, 3.05) is 58.9 Å². The summed E-state index contributed by atoms with van der Waals surface area (Å²) in [5.74, 6) is 0.588. The molecule has 0 aromatic heterocycles. The van der Waals surface area contributed by atoms with Crippen LogP contribution in [0.15, 0.2) is 0 Å². The highest BCUT2D eigenvalue weighted by atomic mass is 35.5. The number of halogens is 2. The summed E-state index contributed by atoms with van der Waals surface area (Å²) >= 11 is 0. The molecule has 2 aliphatic heterocycles. The summed E-state index contributed by atoms with van der Waals surface area (Å²) in [6.45, 7) is 11.0. The Bertz CT molecular complexity index is 380. The Labute approximate surface area is 158 Å². The second kappa shape index (κ2) is 11.9. The normalized spacial score (nSPS) is 21.0. The van der Waals surface area contributed by atoms with Gasteiger partial charge in [0.25, 0.3) is 0 Å². The lowest BCUT2D eigenvalue weighted by atomic mass is 9.98. The third-order valence-corrected chi connectivity index (χ3v) is 4.84. The van der Waals surface area contributed by atoms with Gasteiger partial charge in [0.2, 0.25) is 11.8 Å². The minimum Gasteiger partial charge on any atom is -0.339 e. The molecule has 0 spiro atoms. The predicted molar refractivity (Wildman–Crippen MR) is 101 cm³/mol. The lowest BCUT2D eigenvalue weighted by Gasteiger charge is -2.37. The molecule has 0 radical (unpaired) electrons. The van der Waals surface area contributed by atoms with E-state index in [9.17, 15) is 9.59 Å². The van der Waals surface area contributed by atoms with Crippen molar-refractivity contribution >= 4 is 36.6 Å². The van der Waals surface area contributed by atoms with Crippen LogP contribution >= 0.6 is 24.8 Å². The SMILES string of the molecule is CCN(CC)CC(=O)N1CCN(C(=O)C2CCCNC2)CC1.Cl.Cl. The second-order valence-corrected chi connectivity index (χ2v) is 6.21. The summed E-state index contributed by atoms with van der Waals surface area (Å²) in [4.78, 5) is 30.7. The van der Waals surface area contributed by atoms with Gasteiger partial charge in [0.05, 0.1) is 12.5 Å². The number of hydrogen-bond acceptors (Lipinski definition) is 4. The van der Waals surface area contributed by atoms with Crippen LogP contribution in [0.3, 0.4) is 0 Å². The van der Waals surface area contributed by atoms with Crippen molar-refractivity contribution in [1.29, 1.82) is 0 Å². The van der Waals surface area contributed by atoms with Crippen LogP contribution in [0.1, 0.15) is 26.7 Å². The van der Waals surface area contributed by atoms with Gasteiger partial charge in [0.1, 0.15) is 0 Å². The van der Waals surface area contributed by atoms with Gasteiger partial charge in [0, 0.05) is 32.7 Å². The summed E-state index contributed by atoms with van der Waals surface area (Å²) < 4.78 is 0. The van der Waals surface area contributed by atoms with Gasteiger partial charge in [-0.05, 0) is 32.5 Å². The van der Waals surface area contributed by atoms with E-state index in [4.69, 9.17) is 0 Å². The van der Waals surface area contributed by atoms with Crippen LogP contribution in [0.4, 0.5) is 0 Å². The molecule has 1 N–H and O–H groups in total. The fourth-order valence-electron chi connectivity index (χ4n) is 3.24. The third-order valence-electron chi connectivity index (χ3n) is 4.84. The molecule has 8 heteroatoms. The molecule has 24 heavy (non-hydrogen) atoms. The molecule has 0 aromatic carbocycles. The topological polar surface area (TPSA) is 55.9 Å². The van der Waals surface area contributed by atoms with Crippen molar-refractivity contribution in [2.45, 2.75) is 26.7 Å². The number of likely N-dealkylation sites (N-methyl/N-ethyl adjacent to an activating group) is 1. The van der Waals surface area contributed by atoms with Gasteiger partial charge < -0.3 is 15.1 Å². The smallest absolute Gasteiger partial charge is 0.236 e. The molecule has 2 heterocycles. The Hall–Kier alpha value is -0.560. The first-order valence-electron chi connectivity index (χ1n) is 8.65. The molecule has 1 unspecified atom stereocenters. The molecule has 2 fully saturated rings. The molecule has 142 valence electrons. The number of carbonyl (C=O) groups excluding carboxylic acids is 2. The Kier molecular flexibility index (Phi) is 11.6. The Morgan fingerprint density at radius 3 is 2.12 bits per heavy atom. The van der Waals surface area contributed by atoms with Gasteiger partial charge in [0.15, 0.2) is 0 Å². The lowest BCUT2D eigenvalue weighted by molar-refractivity contribution is -0.143. The van der Waals surface area contributed by atoms with E-state index in [-0.39, 0.29) is 42.5 Å². The van der Waals surface area contributed by atoms with Crippen molar-refractivity contribution in [1.82, 2.24) is 20.0 Å². The summed E-state index contributed by atoms with van der Waals surface area (Å²) in [6.07, 6.45) is 2.08. The average Bonchev–Trinajstić information content (AvgIpc) is 2.59. The highest BCUT2D eigenvalue weighted by Crippen LogP contribution is 2.15. The van der Waals surface area contributed by atoms with E-state index in [2.05, 4.69) is 24.1 Å². The zero-order valence-electron chi connectivity index (χ0n) is 14.8. The zero-order chi connectivity index (χ0) is 15.9.